The molecule has 60 valence electrons. The van der Waals surface area contributed by atoms with Crippen molar-refractivity contribution in [3.8, 4) is 0 Å². The Morgan fingerprint density at radius 3 is 2.82 bits per heavy atom. The van der Waals surface area contributed by atoms with Crippen LogP contribution in [0.3, 0.4) is 0 Å². The SMILES string of the molecule is CCc1cc(Br)c(C)nc1N. The Morgan fingerprint density at radius 1 is 1.64 bits per heavy atom. The second-order valence-electron chi connectivity index (χ2n) is 2.45. The molecule has 1 aromatic rings. The van der Waals surface area contributed by atoms with Crippen LogP contribution < -0.4 is 5.73 Å². The molecule has 0 unspecified atom stereocenters. The molecule has 0 spiro atoms. The molecule has 0 aliphatic carbocycles. The molecule has 11 heavy (non-hydrogen) atoms. The molecule has 0 atom stereocenters. The number of anilines is 1. The summed E-state index contributed by atoms with van der Waals surface area (Å²) in [5.41, 5.74) is 7.71. The zero-order valence-corrected chi connectivity index (χ0v) is 8.27. The number of halogens is 1. The molecule has 0 amide bonds. The average Bonchev–Trinajstić information content (AvgIpc) is 1.97. The van der Waals surface area contributed by atoms with Crippen LogP contribution in [0.25, 0.3) is 0 Å². The van der Waals surface area contributed by atoms with Gasteiger partial charge in [-0.1, -0.05) is 6.92 Å². The Bertz CT molecular complexity index is 271. The largest absolute Gasteiger partial charge is 0.383 e. The van der Waals surface area contributed by atoms with Gasteiger partial charge in [-0.2, -0.15) is 0 Å². The number of hydrogen-bond acceptors (Lipinski definition) is 2. The highest BCUT2D eigenvalue weighted by Crippen LogP contribution is 2.19. The summed E-state index contributed by atoms with van der Waals surface area (Å²) in [6.07, 6.45) is 0.928. The van der Waals surface area contributed by atoms with Gasteiger partial charge in [-0.3, -0.25) is 0 Å². The maximum Gasteiger partial charge on any atom is 0.126 e. The van der Waals surface area contributed by atoms with E-state index >= 15 is 0 Å². The number of pyridine rings is 1. The molecule has 0 fully saturated rings. The average molecular weight is 215 g/mol. The van der Waals surface area contributed by atoms with E-state index in [1.54, 1.807) is 0 Å². The highest BCUT2D eigenvalue weighted by atomic mass is 79.9. The maximum atomic E-state index is 5.67. The molecule has 0 aromatic carbocycles. The number of nitrogens with two attached hydrogens (primary N) is 1. The van der Waals surface area contributed by atoms with Crippen LogP contribution in [0.4, 0.5) is 5.82 Å². The Hall–Kier alpha value is -0.570. The summed E-state index contributed by atoms with van der Waals surface area (Å²) in [6, 6.07) is 2.03. The number of rotatable bonds is 1. The second-order valence-corrected chi connectivity index (χ2v) is 3.31. The van der Waals surface area contributed by atoms with Crippen molar-refractivity contribution < 1.29 is 0 Å². The molecule has 1 rings (SSSR count). The summed E-state index contributed by atoms with van der Waals surface area (Å²) in [5, 5.41) is 0. The number of nitrogens with zero attached hydrogens (tertiary/aromatic N) is 1. The van der Waals surface area contributed by atoms with Gasteiger partial charge >= 0.3 is 0 Å². The van der Waals surface area contributed by atoms with Crippen molar-refractivity contribution in [2.75, 3.05) is 5.73 Å². The minimum Gasteiger partial charge on any atom is -0.383 e. The molecule has 1 heterocycles. The van der Waals surface area contributed by atoms with Gasteiger partial charge in [0.05, 0.1) is 5.69 Å². The molecule has 0 radical (unpaired) electrons. The topological polar surface area (TPSA) is 38.9 Å². The van der Waals surface area contributed by atoms with Gasteiger partial charge < -0.3 is 5.73 Å². The van der Waals surface area contributed by atoms with E-state index in [4.69, 9.17) is 5.73 Å². The van der Waals surface area contributed by atoms with E-state index in [9.17, 15) is 0 Å². The van der Waals surface area contributed by atoms with E-state index in [-0.39, 0.29) is 0 Å². The van der Waals surface area contributed by atoms with E-state index < -0.39 is 0 Å². The van der Waals surface area contributed by atoms with Gasteiger partial charge in [-0.25, -0.2) is 4.98 Å². The van der Waals surface area contributed by atoms with Gasteiger partial charge in [0.25, 0.3) is 0 Å². The first-order valence-corrected chi connectivity index (χ1v) is 4.36. The third kappa shape index (κ3) is 1.71. The lowest BCUT2D eigenvalue weighted by atomic mass is 10.2. The molecule has 0 bridgehead atoms. The number of hydrogen-bond donors (Lipinski definition) is 1. The summed E-state index contributed by atoms with van der Waals surface area (Å²) in [7, 11) is 0. The summed E-state index contributed by atoms with van der Waals surface area (Å²) in [4.78, 5) is 4.17. The predicted octanol–water partition coefficient (Wildman–Crippen LogP) is 2.30. The van der Waals surface area contributed by atoms with Crippen molar-refractivity contribution in [2.24, 2.45) is 0 Å². The number of aromatic nitrogens is 1. The van der Waals surface area contributed by atoms with Crippen molar-refractivity contribution >= 4 is 21.7 Å². The molecule has 0 aliphatic rings. The van der Waals surface area contributed by atoms with Crippen LogP contribution in [0.1, 0.15) is 18.2 Å². The lowest BCUT2D eigenvalue weighted by molar-refractivity contribution is 1.08. The lowest BCUT2D eigenvalue weighted by Gasteiger charge is -2.04. The zero-order valence-electron chi connectivity index (χ0n) is 6.69. The van der Waals surface area contributed by atoms with Gasteiger partial charge in [0.2, 0.25) is 0 Å². The maximum absolute atomic E-state index is 5.67. The van der Waals surface area contributed by atoms with Crippen molar-refractivity contribution in [1.82, 2.24) is 4.98 Å². The summed E-state index contributed by atoms with van der Waals surface area (Å²) >= 11 is 3.40. The molecular formula is C8H11BrN2. The molecule has 0 saturated heterocycles. The van der Waals surface area contributed by atoms with E-state index in [1.165, 1.54) is 0 Å². The zero-order chi connectivity index (χ0) is 8.43. The monoisotopic (exact) mass is 214 g/mol. The third-order valence-corrected chi connectivity index (χ3v) is 2.45. The molecule has 0 aliphatic heterocycles. The Morgan fingerprint density at radius 2 is 2.27 bits per heavy atom. The molecule has 0 saturated carbocycles. The van der Waals surface area contributed by atoms with Gasteiger partial charge in [-0.05, 0) is 40.9 Å². The van der Waals surface area contributed by atoms with Crippen LogP contribution in [-0.4, -0.2) is 4.98 Å². The standard InChI is InChI=1S/C8H11BrN2/c1-3-6-4-7(9)5(2)11-8(6)10/h4H,3H2,1-2H3,(H2,10,11). The van der Waals surface area contributed by atoms with E-state index in [1.807, 2.05) is 13.0 Å². The van der Waals surface area contributed by atoms with Crippen molar-refractivity contribution in [2.45, 2.75) is 20.3 Å². The van der Waals surface area contributed by atoms with Crippen molar-refractivity contribution in [3.05, 3.63) is 21.8 Å². The number of aryl methyl sites for hydroxylation is 2. The summed E-state index contributed by atoms with van der Waals surface area (Å²) in [5.74, 6) is 0.646. The number of nitrogen functional groups attached to an aromatic ring is 1. The van der Waals surface area contributed by atoms with Crippen LogP contribution >= 0.6 is 15.9 Å². The molecular weight excluding hydrogens is 204 g/mol. The normalized spacial score (nSPS) is 10.1. The van der Waals surface area contributed by atoms with Gasteiger partial charge in [0.1, 0.15) is 5.82 Å². The summed E-state index contributed by atoms with van der Waals surface area (Å²) in [6.45, 7) is 4.00. The van der Waals surface area contributed by atoms with Gasteiger partial charge in [0.15, 0.2) is 0 Å². The van der Waals surface area contributed by atoms with Gasteiger partial charge in [-0.15, -0.1) is 0 Å². The predicted molar refractivity (Wildman–Crippen MR) is 50.5 cm³/mol. The lowest BCUT2D eigenvalue weighted by Crippen LogP contribution is -1.98. The van der Waals surface area contributed by atoms with Crippen LogP contribution in [0, 0.1) is 6.92 Å². The fourth-order valence-electron chi connectivity index (χ4n) is 0.920. The van der Waals surface area contributed by atoms with Crippen LogP contribution in [0.2, 0.25) is 0 Å². The van der Waals surface area contributed by atoms with Gasteiger partial charge in [0, 0.05) is 4.47 Å². The molecule has 3 heteroatoms. The Kier molecular flexibility index (Phi) is 2.49. The minimum absolute atomic E-state index is 0.646. The van der Waals surface area contributed by atoms with E-state index in [0.29, 0.717) is 5.82 Å². The van der Waals surface area contributed by atoms with Crippen molar-refractivity contribution in [1.29, 1.82) is 0 Å². The van der Waals surface area contributed by atoms with Crippen LogP contribution in [0.5, 0.6) is 0 Å². The quantitative estimate of drug-likeness (QED) is 0.780. The molecule has 1 aromatic heterocycles. The highest BCUT2D eigenvalue weighted by Gasteiger charge is 2.01. The van der Waals surface area contributed by atoms with Crippen molar-refractivity contribution in [3.63, 3.8) is 0 Å². The smallest absolute Gasteiger partial charge is 0.126 e. The fraction of sp³-hybridized carbons (Fsp3) is 0.375. The molecule has 2 nitrogen and oxygen atoms in total. The van der Waals surface area contributed by atoms with Crippen LogP contribution in [-0.2, 0) is 6.42 Å². The minimum atomic E-state index is 0.646. The fourth-order valence-corrected chi connectivity index (χ4v) is 1.29. The first kappa shape index (κ1) is 8.53. The van der Waals surface area contributed by atoms with Crippen LogP contribution in [0.15, 0.2) is 10.5 Å². The van der Waals surface area contributed by atoms with E-state index in [0.717, 1.165) is 22.2 Å². The molecule has 2 N–H and O–H groups in total. The summed E-state index contributed by atoms with van der Waals surface area (Å²) < 4.78 is 1.03. The first-order chi connectivity index (χ1) is 5.15. The Balaban J connectivity index is 3.21. The third-order valence-electron chi connectivity index (χ3n) is 1.64. The Labute approximate surface area is 75.0 Å². The van der Waals surface area contributed by atoms with E-state index in [2.05, 4.69) is 27.8 Å². The second kappa shape index (κ2) is 3.22. The highest BCUT2D eigenvalue weighted by molar-refractivity contribution is 9.10. The first-order valence-electron chi connectivity index (χ1n) is 3.56.